The van der Waals surface area contributed by atoms with Crippen molar-refractivity contribution < 1.29 is 4.74 Å². The lowest BCUT2D eigenvalue weighted by Crippen LogP contribution is -2.11. The molecule has 14 heavy (non-hydrogen) atoms. The average Bonchev–Trinajstić information content (AvgIpc) is 2.44. The standard InChI is InChI=1S/C12H15IO/c1-12(2)7-6-8-9(12)4-5-10(14-3)11(8)13/h4-5H,6-7H2,1-3H3. The summed E-state index contributed by atoms with van der Waals surface area (Å²) in [6, 6.07) is 4.32. The topological polar surface area (TPSA) is 9.23 Å². The molecule has 0 radical (unpaired) electrons. The lowest BCUT2D eigenvalue weighted by Gasteiger charge is -2.19. The molecule has 0 aromatic heterocycles. The van der Waals surface area contributed by atoms with E-state index in [0.29, 0.717) is 5.41 Å². The number of benzene rings is 1. The van der Waals surface area contributed by atoms with Gasteiger partial charge in [-0.15, -0.1) is 0 Å². The fraction of sp³-hybridized carbons (Fsp3) is 0.500. The second-order valence-corrected chi connectivity index (χ2v) is 5.57. The van der Waals surface area contributed by atoms with Crippen LogP contribution in [-0.2, 0) is 11.8 Å². The van der Waals surface area contributed by atoms with Gasteiger partial charge in [0.05, 0.1) is 10.7 Å². The van der Waals surface area contributed by atoms with Crippen molar-refractivity contribution in [3.63, 3.8) is 0 Å². The van der Waals surface area contributed by atoms with Crippen LogP contribution in [0.25, 0.3) is 0 Å². The zero-order chi connectivity index (χ0) is 10.3. The molecule has 0 atom stereocenters. The molecule has 76 valence electrons. The number of hydrogen-bond donors (Lipinski definition) is 0. The molecule has 0 amide bonds. The van der Waals surface area contributed by atoms with Crippen LogP contribution in [0.2, 0.25) is 0 Å². The first kappa shape index (κ1) is 10.3. The monoisotopic (exact) mass is 302 g/mol. The third-order valence-electron chi connectivity index (χ3n) is 3.16. The van der Waals surface area contributed by atoms with Crippen LogP contribution < -0.4 is 4.74 Å². The molecule has 1 aliphatic rings. The van der Waals surface area contributed by atoms with E-state index < -0.39 is 0 Å². The Morgan fingerprint density at radius 1 is 1.36 bits per heavy atom. The highest BCUT2D eigenvalue weighted by atomic mass is 127. The number of hydrogen-bond acceptors (Lipinski definition) is 1. The van der Waals surface area contributed by atoms with Gasteiger partial charge in [0.15, 0.2) is 0 Å². The van der Waals surface area contributed by atoms with Crippen molar-refractivity contribution in [1.82, 2.24) is 0 Å². The number of ether oxygens (including phenoxy) is 1. The van der Waals surface area contributed by atoms with Gasteiger partial charge in [-0.2, -0.15) is 0 Å². The Labute approximate surface area is 99.0 Å². The lowest BCUT2D eigenvalue weighted by molar-refractivity contribution is 0.411. The van der Waals surface area contributed by atoms with Crippen LogP contribution in [0.5, 0.6) is 5.75 Å². The first-order valence-corrected chi connectivity index (χ1v) is 6.00. The molecule has 1 aromatic carbocycles. The van der Waals surface area contributed by atoms with E-state index in [0.717, 1.165) is 5.75 Å². The van der Waals surface area contributed by atoms with Crippen molar-refractivity contribution in [2.24, 2.45) is 0 Å². The Morgan fingerprint density at radius 2 is 2.07 bits per heavy atom. The summed E-state index contributed by atoms with van der Waals surface area (Å²) in [5.74, 6) is 1.02. The van der Waals surface area contributed by atoms with Gasteiger partial charge in [0, 0.05) is 0 Å². The number of fused-ring (bicyclic) bond motifs is 1. The molecule has 0 aliphatic heterocycles. The molecular weight excluding hydrogens is 287 g/mol. The molecule has 0 spiro atoms. The smallest absolute Gasteiger partial charge is 0.132 e. The molecule has 2 heteroatoms. The molecule has 0 fully saturated rings. The van der Waals surface area contributed by atoms with Gasteiger partial charge in [-0.1, -0.05) is 19.9 Å². The van der Waals surface area contributed by atoms with Crippen molar-refractivity contribution >= 4 is 22.6 Å². The Morgan fingerprint density at radius 3 is 2.71 bits per heavy atom. The van der Waals surface area contributed by atoms with Crippen LogP contribution in [0.1, 0.15) is 31.4 Å². The second-order valence-electron chi connectivity index (χ2n) is 4.49. The lowest BCUT2D eigenvalue weighted by atomic mass is 9.87. The molecule has 0 heterocycles. The SMILES string of the molecule is COc1ccc2c(c1I)CCC2(C)C. The molecule has 2 rings (SSSR count). The van der Waals surface area contributed by atoms with Gasteiger partial charge < -0.3 is 4.74 Å². The maximum Gasteiger partial charge on any atom is 0.132 e. The minimum absolute atomic E-state index is 0.349. The van der Waals surface area contributed by atoms with Crippen LogP contribution in [-0.4, -0.2) is 7.11 Å². The van der Waals surface area contributed by atoms with Crippen LogP contribution in [0.15, 0.2) is 12.1 Å². The molecule has 1 aliphatic carbocycles. The highest BCUT2D eigenvalue weighted by Crippen LogP contribution is 2.42. The molecule has 0 saturated carbocycles. The molecule has 0 bridgehead atoms. The average molecular weight is 302 g/mol. The number of methoxy groups -OCH3 is 1. The summed E-state index contributed by atoms with van der Waals surface area (Å²) in [6.07, 6.45) is 2.45. The van der Waals surface area contributed by atoms with Crippen molar-refractivity contribution in [2.45, 2.75) is 32.1 Å². The zero-order valence-electron chi connectivity index (χ0n) is 8.86. The first-order valence-electron chi connectivity index (χ1n) is 4.92. The normalized spacial score (nSPS) is 18.0. The van der Waals surface area contributed by atoms with E-state index in [9.17, 15) is 0 Å². The maximum absolute atomic E-state index is 5.33. The number of halogens is 1. The van der Waals surface area contributed by atoms with Gasteiger partial charge >= 0.3 is 0 Å². The van der Waals surface area contributed by atoms with Crippen molar-refractivity contribution in [3.05, 3.63) is 26.8 Å². The Kier molecular flexibility index (Phi) is 2.50. The van der Waals surface area contributed by atoms with Gasteiger partial charge in [-0.25, -0.2) is 0 Å². The third kappa shape index (κ3) is 1.44. The molecule has 1 aromatic rings. The Bertz CT molecular complexity index is 369. The van der Waals surface area contributed by atoms with Gasteiger partial charge in [0.25, 0.3) is 0 Å². The molecular formula is C12H15IO. The summed E-state index contributed by atoms with van der Waals surface area (Å²) >= 11 is 2.40. The van der Waals surface area contributed by atoms with E-state index in [1.165, 1.54) is 27.5 Å². The summed E-state index contributed by atoms with van der Waals surface area (Å²) in [7, 11) is 1.74. The van der Waals surface area contributed by atoms with Gasteiger partial charge in [0.1, 0.15) is 5.75 Å². The molecule has 1 nitrogen and oxygen atoms in total. The van der Waals surface area contributed by atoms with Crippen molar-refractivity contribution in [1.29, 1.82) is 0 Å². The third-order valence-corrected chi connectivity index (χ3v) is 4.34. The summed E-state index contributed by atoms with van der Waals surface area (Å²) < 4.78 is 6.63. The highest BCUT2D eigenvalue weighted by Gasteiger charge is 2.31. The van der Waals surface area contributed by atoms with Crippen molar-refractivity contribution in [3.8, 4) is 5.75 Å². The van der Waals surface area contributed by atoms with E-state index in [-0.39, 0.29) is 0 Å². The fourth-order valence-electron chi connectivity index (χ4n) is 2.21. The van der Waals surface area contributed by atoms with Gasteiger partial charge in [0.2, 0.25) is 0 Å². The van der Waals surface area contributed by atoms with E-state index in [1.807, 2.05) is 0 Å². The summed E-state index contributed by atoms with van der Waals surface area (Å²) in [5.41, 5.74) is 3.35. The van der Waals surface area contributed by atoms with Gasteiger partial charge in [-0.05, 0) is 58.0 Å². The summed E-state index contributed by atoms with van der Waals surface area (Å²) in [6.45, 7) is 4.64. The molecule has 0 unspecified atom stereocenters. The molecule has 0 N–H and O–H groups in total. The predicted octanol–water partition coefficient (Wildman–Crippen LogP) is 3.52. The van der Waals surface area contributed by atoms with Crippen molar-refractivity contribution in [2.75, 3.05) is 7.11 Å². The molecule has 0 saturated heterocycles. The largest absolute Gasteiger partial charge is 0.496 e. The Balaban J connectivity index is 2.58. The van der Waals surface area contributed by atoms with Crippen LogP contribution in [0.4, 0.5) is 0 Å². The number of rotatable bonds is 1. The minimum atomic E-state index is 0.349. The Hall–Kier alpha value is -0.250. The quantitative estimate of drug-likeness (QED) is 0.721. The maximum atomic E-state index is 5.33. The fourth-order valence-corrected chi connectivity index (χ4v) is 3.17. The van der Waals surface area contributed by atoms with E-state index in [2.05, 4.69) is 48.6 Å². The minimum Gasteiger partial charge on any atom is -0.496 e. The first-order chi connectivity index (χ1) is 6.56. The van der Waals surface area contributed by atoms with Gasteiger partial charge in [-0.3, -0.25) is 0 Å². The predicted molar refractivity (Wildman–Crippen MR) is 67.1 cm³/mol. The van der Waals surface area contributed by atoms with E-state index in [1.54, 1.807) is 7.11 Å². The zero-order valence-corrected chi connectivity index (χ0v) is 11.0. The highest BCUT2D eigenvalue weighted by molar-refractivity contribution is 14.1. The van der Waals surface area contributed by atoms with E-state index >= 15 is 0 Å². The summed E-state index contributed by atoms with van der Waals surface area (Å²) in [5, 5.41) is 0. The van der Waals surface area contributed by atoms with E-state index in [4.69, 9.17) is 4.74 Å². The van der Waals surface area contributed by atoms with Crippen LogP contribution in [0, 0.1) is 3.57 Å². The summed E-state index contributed by atoms with van der Waals surface area (Å²) in [4.78, 5) is 0. The second kappa shape index (κ2) is 3.40. The van der Waals surface area contributed by atoms with Crippen LogP contribution >= 0.6 is 22.6 Å². The van der Waals surface area contributed by atoms with Crippen LogP contribution in [0.3, 0.4) is 0 Å².